The van der Waals surface area contributed by atoms with Gasteiger partial charge in [0, 0.05) is 44.6 Å². The van der Waals surface area contributed by atoms with Gasteiger partial charge >= 0.3 is 0 Å². The third-order valence-electron chi connectivity index (χ3n) is 5.85. The smallest absolute Gasteiger partial charge is 0.222 e. The van der Waals surface area contributed by atoms with E-state index in [9.17, 15) is 0 Å². The first-order valence-electron chi connectivity index (χ1n) is 11.0. The lowest BCUT2D eigenvalue weighted by atomic mass is 10.1. The summed E-state index contributed by atoms with van der Waals surface area (Å²) in [6, 6.07) is 3.44. The quantitative estimate of drug-likeness (QED) is 0.300. The van der Waals surface area contributed by atoms with Crippen molar-refractivity contribution in [3.05, 3.63) is 59.4 Å². The molecule has 4 heterocycles. The number of pyridine rings is 1. The zero-order valence-electron chi connectivity index (χ0n) is 19.4. The molecular formula is C24H24ClN9O. The number of nitrogen functional groups attached to an aromatic ring is 1. The first-order valence-corrected chi connectivity index (χ1v) is 11.4. The van der Waals surface area contributed by atoms with E-state index in [0.29, 0.717) is 41.4 Å². The molecule has 10 nitrogen and oxygen atoms in total. The van der Waals surface area contributed by atoms with E-state index >= 15 is 0 Å². The van der Waals surface area contributed by atoms with Gasteiger partial charge in [0.2, 0.25) is 5.88 Å². The van der Waals surface area contributed by atoms with Crippen molar-refractivity contribution in [3.8, 4) is 29.1 Å². The van der Waals surface area contributed by atoms with Crippen molar-refractivity contribution >= 4 is 23.1 Å². The number of nitrogens with zero attached hydrogens (tertiary/aromatic N) is 7. The lowest BCUT2D eigenvalue weighted by Crippen LogP contribution is -2.23. The zero-order chi connectivity index (χ0) is 24.4. The van der Waals surface area contributed by atoms with Crippen molar-refractivity contribution in [2.45, 2.75) is 12.8 Å². The summed E-state index contributed by atoms with van der Waals surface area (Å²) in [5, 5.41) is 12.4. The highest BCUT2D eigenvalue weighted by Crippen LogP contribution is 2.46. The number of ether oxygens (including phenoxy) is 1. The van der Waals surface area contributed by atoms with Gasteiger partial charge in [-0.25, -0.2) is 19.6 Å². The molecule has 5 rings (SSSR count). The van der Waals surface area contributed by atoms with Gasteiger partial charge in [0.25, 0.3) is 0 Å². The number of halogens is 1. The molecule has 4 aromatic rings. The largest absolute Gasteiger partial charge is 0.477 e. The standard InChI is InChI=1S/C24H24ClN9O/c1-33-13-16(10-30-33)3-4-17-11-28-20(25)9-19(17)29-14-24(6-7-24)15-35-23-18(12-31-34(23)2)22-27-8-5-21(26)32-22/h5,8-13H,6-7,14-15H2,1-2H3,(H,28,29)(H2,26,27,32). The number of aromatic nitrogens is 7. The molecule has 0 radical (unpaired) electrons. The predicted octanol–water partition coefficient (Wildman–Crippen LogP) is 2.91. The van der Waals surface area contributed by atoms with Crippen LogP contribution in [0.3, 0.4) is 0 Å². The third-order valence-corrected chi connectivity index (χ3v) is 6.05. The molecule has 0 spiro atoms. The first-order chi connectivity index (χ1) is 16.9. The van der Waals surface area contributed by atoms with Crippen LogP contribution in [0.25, 0.3) is 11.4 Å². The Balaban J connectivity index is 1.28. The third kappa shape index (κ3) is 5.20. The monoisotopic (exact) mass is 489 g/mol. The van der Waals surface area contributed by atoms with Gasteiger partial charge in [-0.15, -0.1) is 0 Å². The molecule has 1 fully saturated rings. The van der Waals surface area contributed by atoms with Gasteiger partial charge in [-0.2, -0.15) is 10.2 Å². The molecule has 3 N–H and O–H groups in total. The molecule has 0 atom stereocenters. The highest BCUT2D eigenvalue weighted by molar-refractivity contribution is 6.29. The Kier molecular flexibility index (Phi) is 6.01. The van der Waals surface area contributed by atoms with E-state index in [-0.39, 0.29) is 5.41 Å². The number of rotatable bonds is 7. The van der Waals surface area contributed by atoms with Crippen LogP contribution in [0, 0.1) is 17.3 Å². The lowest BCUT2D eigenvalue weighted by molar-refractivity contribution is 0.225. The fourth-order valence-electron chi connectivity index (χ4n) is 3.61. The Morgan fingerprint density at radius 2 is 2.03 bits per heavy atom. The summed E-state index contributed by atoms with van der Waals surface area (Å²) < 4.78 is 9.64. The van der Waals surface area contributed by atoms with E-state index in [1.54, 1.807) is 46.3 Å². The van der Waals surface area contributed by atoms with E-state index < -0.39 is 0 Å². The lowest BCUT2D eigenvalue weighted by Gasteiger charge is -2.19. The van der Waals surface area contributed by atoms with Crippen LogP contribution in [0.15, 0.2) is 43.1 Å². The summed E-state index contributed by atoms with van der Waals surface area (Å²) in [7, 11) is 3.69. The van der Waals surface area contributed by atoms with Crippen LogP contribution < -0.4 is 15.8 Å². The van der Waals surface area contributed by atoms with Crippen molar-refractivity contribution in [1.82, 2.24) is 34.5 Å². The Morgan fingerprint density at radius 1 is 1.17 bits per heavy atom. The molecule has 1 saturated carbocycles. The molecule has 0 aliphatic heterocycles. The summed E-state index contributed by atoms with van der Waals surface area (Å²) in [4.78, 5) is 12.8. The zero-order valence-corrected chi connectivity index (χ0v) is 20.1. The van der Waals surface area contributed by atoms with Gasteiger partial charge < -0.3 is 15.8 Å². The number of nitrogens with two attached hydrogens (primary N) is 1. The molecule has 0 saturated heterocycles. The van der Waals surface area contributed by atoms with Gasteiger partial charge in [0.15, 0.2) is 5.82 Å². The maximum absolute atomic E-state index is 6.24. The van der Waals surface area contributed by atoms with Crippen molar-refractivity contribution < 1.29 is 4.74 Å². The minimum Gasteiger partial charge on any atom is -0.477 e. The molecular weight excluding hydrogens is 466 g/mol. The van der Waals surface area contributed by atoms with Crippen LogP contribution in [0.1, 0.15) is 24.0 Å². The molecule has 0 amide bonds. The topological polar surface area (TPSA) is 122 Å². The van der Waals surface area contributed by atoms with Crippen molar-refractivity contribution in [3.63, 3.8) is 0 Å². The molecule has 178 valence electrons. The molecule has 1 aliphatic carbocycles. The van der Waals surface area contributed by atoms with Crippen molar-refractivity contribution in [2.24, 2.45) is 19.5 Å². The van der Waals surface area contributed by atoms with E-state index in [1.165, 1.54) is 0 Å². The van der Waals surface area contributed by atoms with Gasteiger partial charge in [0.1, 0.15) is 16.5 Å². The molecule has 1 aliphatic rings. The summed E-state index contributed by atoms with van der Waals surface area (Å²) in [5.41, 5.74) is 8.95. The maximum atomic E-state index is 6.24. The molecule has 0 unspecified atom stereocenters. The number of anilines is 2. The van der Waals surface area contributed by atoms with Gasteiger partial charge in [-0.1, -0.05) is 23.4 Å². The Morgan fingerprint density at radius 3 is 2.77 bits per heavy atom. The van der Waals surface area contributed by atoms with E-state index in [0.717, 1.165) is 29.7 Å². The molecule has 0 bridgehead atoms. The van der Waals surface area contributed by atoms with E-state index in [2.05, 4.69) is 42.3 Å². The van der Waals surface area contributed by atoms with Crippen molar-refractivity contribution in [1.29, 1.82) is 0 Å². The minimum atomic E-state index is -0.0120. The molecule has 35 heavy (non-hydrogen) atoms. The fraction of sp³-hybridized carbons (Fsp3) is 0.292. The maximum Gasteiger partial charge on any atom is 0.222 e. The van der Waals surface area contributed by atoms with Crippen LogP contribution in [0.5, 0.6) is 5.88 Å². The van der Waals surface area contributed by atoms with Crippen LogP contribution in [-0.2, 0) is 14.1 Å². The summed E-state index contributed by atoms with van der Waals surface area (Å²) in [6.07, 6.45) is 10.7. The van der Waals surface area contributed by atoms with Gasteiger partial charge in [0.05, 0.1) is 35.8 Å². The van der Waals surface area contributed by atoms with E-state index in [4.69, 9.17) is 22.1 Å². The average molecular weight is 490 g/mol. The molecule has 4 aromatic heterocycles. The number of hydrogen-bond acceptors (Lipinski definition) is 8. The Hall–Kier alpha value is -4.10. The second-order valence-electron chi connectivity index (χ2n) is 8.64. The van der Waals surface area contributed by atoms with Crippen LogP contribution in [-0.4, -0.2) is 47.7 Å². The number of aryl methyl sites for hydroxylation is 2. The predicted molar refractivity (Wildman–Crippen MR) is 133 cm³/mol. The second kappa shape index (κ2) is 9.27. The van der Waals surface area contributed by atoms with E-state index in [1.807, 2.05) is 20.3 Å². The highest BCUT2D eigenvalue weighted by atomic mass is 35.5. The second-order valence-corrected chi connectivity index (χ2v) is 9.03. The fourth-order valence-corrected chi connectivity index (χ4v) is 3.77. The van der Waals surface area contributed by atoms with Crippen molar-refractivity contribution in [2.75, 3.05) is 24.2 Å². The van der Waals surface area contributed by atoms with Crippen LogP contribution in [0.4, 0.5) is 11.5 Å². The molecule has 11 heteroatoms. The number of hydrogen-bond donors (Lipinski definition) is 2. The van der Waals surface area contributed by atoms with Gasteiger partial charge in [-0.05, 0) is 25.0 Å². The highest BCUT2D eigenvalue weighted by Gasteiger charge is 2.44. The summed E-state index contributed by atoms with van der Waals surface area (Å²) in [6.45, 7) is 1.22. The Bertz CT molecular complexity index is 1430. The Labute approximate surface area is 207 Å². The van der Waals surface area contributed by atoms with Gasteiger partial charge in [-0.3, -0.25) is 4.68 Å². The summed E-state index contributed by atoms with van der Waals surface area (Å²) >= 11 is 6.17. The van der Waals surface area contributed by atoms with Crippen LogP contribution >= 0.6 is 11.6 Å². The SMILES string of the molecule is Cn1cc(C#Cc2cnc(Cl)cc2NCC2(COc3c(-c4nccc(N)n4)cnn3C)CC2)cn1. The normalized spacial score (nSPS) is 13.7. The summed E-state index contributed by atoms with van der Waals surface area (Å²) in [5.74, 6) is 7.77. The molecule has 0 aromatic carbocycles. The van der Waals surface area contributed by atoms with Crippen LogP contribution in [0.2, 0.25) is 5.15 Å². The average Bonchev–Trinajstić information content (AvgIpc) is 3.33. The number of nitrogens with one attached hydrogen (secondary N) is 1. The first kappa shape index (κ1) is 22.7. The minimum absolute atomic E-state index is 0.0120.